The van der Waals surface area contributed by atoms with Crippen molar-refractivity contribution in [2.75, 3.05) is 26.1 Å². The molecule has 31 heavy (non-hydrogen) atoms. The number of methoxy groups -OCH3 is 1. The van der Waals surface area contributed by atoms with E-state index in [0.29, 0.717) is 29.1 Å². The smallest absolute Gasteiger partial charge is 0.163 e. The van der Waals surface area contributed by atoms with Crippen LogP contribution in [0.2, 0.25) is 0 Å². The Labute approximate surface area is 182 Å². The van der Waals surface area contributed by atoms with E-state index in [0.717, 1.165) is 11.1 Å². The Morgan fingerprint density at radius 3 is 2.58 bits per heavy atom. The molecule has 0 amide bonds. The first-order chi connectivity index (χ1) is 14.9. The summed E-state index contributed by atoms with van der Waals surface area (Å²) >= 11 is 0. The molecule has 2 heterocycles. The van der Waals surface area contributed by atoms with Crippen LogP contribution in [0.1, 0.15) is 29.9 Å². The quantitative estimate of drug-likeness (QED) is 0.477. The molecule has 168 valence electrons. The third-order valence-electron chi connectivity index (χ3n) is 5.39. The Morgan fingerprint density at radius 2 is 1.97 bits per heavy atom. The van der Waals surface area contributed by atoms with Gasteiger partial charge in [-0.1, -0.05) is 30.3 Å². The monoisotopic (exact) mass is 448 g/mol. The van der Waals surface area contributed by atoms with E-state index in [9.17, 15) is 23.7 Å². The van der Waals surface area contributed by atoms with Crippen molar-refractivity contribution in [2.45, 2.75) is 30.8 Å². The minimum Gasteiger partial charge on any atom is -0.459 e. The van der Waals surface area contributed by atoms with E-state index in [1.54, 1.807) is 12.1 Å². The summed E-state index contributed by atoms with van der Waals surface area (Å²) in [5.41, 5.74) is 2.70. The number of benzene rings is 1. The summed E-state index contributed by atoms with van der Waals surface area (Å²) in [6.45, 7) is -0.666. The molecular formula is C23H28O7S. The Morgan fingerprint density at radius 1 is 1.23 bits per heavy atom. The second kappa shape index (κ2) is 10.4. The van der Waals surface area contributed by atoms with Crippen molar-refractivity contribution in [3.63, 3.8) is 0 Å². The van der Waals surface area contributed by atoms with Gasteiger partial charge < -0.3 is 24.5 Å². The van der Waals surface area contributed by atoms with Crippen LogP contribution in [0.3, 0.4) is 0 Å². The molecule has 2 atom stereocenters. The van der Waals surface area contributed by atoms with E-state index in [1.165, 1.54) is 7.11 Å². The van der Waals surface area contributed by atoms with Crippen LogP contribution in [-0.4, -0.2) is 61.2 Å². The van der Waals surface area contributed by atoms with Crippen LogP contribution in [0.4, 0.5) is 0 Å². The Hall–Kier alpha value is -2.23. The van der Waals surface area contributed by atoms with Crippen LogP contribution in [0.25, 0.3) is 11.6 Å². The van der Waals surface area contributed by atoms with Crippen molar-refractivity contribution >= 4 is 21.5 Å². The Balaban J connectivity index is 1.86. The molecule has 3 N–H and O–H groups in total. The first-order valence-corrected chi connectivity index (χ1v) is 11.8. The predicted octanol–water partition coefficient (Wildman–Crippen LogP) is 2.19. The molecule has 0 aliphatic carbocycles. The third-order valence-corrected chi connectivity index (χ3v) is 7.41. The van der Waals surface area contributed by atoms with E-state index in [4.69, 9.17) is 9.15 Å². The van der Waals surface area contributed by atoms with Crippen LogP contribution >= 0.6 is 0 Å². The van der Waals surface area contributed by atoms with Crippen molar-refractivity contribution < 1.29 is 32.9 Å². The van der Waals surface area contributed by atoms with Gasteiger partial charge in [-0.15, -0.1) is 0 Å². The number of allylic oxidation sites excluding steroid dienone is 1. The maximum Gasteiger partial charge on any atom is 0.163 e. The van der Waals surface area contributed by atoms with Crippen LogP contribution < -0.4 is 0 Å². The lowest BCUT2D eigenvalue weighted by Crippen LogP contribution is -2.29. The highest BCUT2D eigenvalue weighted by atomic mass is 32.2. The summed E-state index contributed by atoms with van der Waals surface area (Å²) in [6, 6.07) is 13.1. The zero-order valence-electron chi connectivity index (χ0n) is 17.4. The molecule has 0 unspecified atom stereocenters. The van der Waals surface area contributed by atoms with Gasteiger partial charge in [-0.05, 0) is 53.3 Å². The Kier molecular flexibility index (Phi) is 7.85. The highest BCUT2D eigenvalue weighted by Gasteiger charge is 2.41. The summed E-state index contributed by atoms with van der Waals surface area (Å²) in [5, 5.41) is 28.7. The number of hydrogen-bond acceptors (Lipinski definition) is 7. The molecule has 0 saturated carbocycles. The Bertz CT molecular complexity index is 1030. The standard InChI is InChI=1S/C23H28O7S/c1-29-14-18-15-31(27,28)22(13-25)23(18)21(26)10-7-17(16-5-3-2-4-6-16)11-19-8-9-20(12-24)30-19/h2-6,8-9,11,21-22,24-26H,7,10,12-15H2,1H3/b17-11-/t21-,22+/m1/s1. The fourth-order valence-electron chi connectivity index (χ4n) is 3.94. The van der Waals surface area contributed by atoms with Crippen LogP contribution in [0, 0.1) is 0 Å². The number of hydrogen-bond donors (Lipinski definition) is 3. The molecule has 8 heteroatoms. The second-order valence-corrected chi connectivity index (χ2v) is 9.71. The highest BCUT2D eigenvalue weighted by molar-refractivity contribution is 7.92. The molecule has 2 aromatic rings. The fraction of sp³-hybridized carbons (Fsp3) is 0.391. The summed E-state index contributed by atoms with van der Waals surface area (Å²) < 4.78 is 35.5. The van der Waals surface area contributed by atoms with Gasteiger partial charge in [0.05, 0.1) is 25.1 Å². The summed E-state index contributed by atoms with van der Waals surface area (Å²) in [5.74, 6) is 0.819. The number of rotatable bonds is 10. The van der Waals surface area contributed by atoms with Crippen molar-refractivity contribution in [3.05, 3.63) is 70.7 Å². The van der Waals surface area contributed by atoms with E-state index < -0.39 is 27.8 Å². The molecule has 0 bridgehead atoms. The first-order valence-electron chi connectivity index (χ1n) is 10.1. The number of aliphatic hydroxyl groups is 3. The van der Waals surface area contributed by atoms with Gasteiger partial charge >= 0.3 is 0 Å². The molecule has 1 aromatic heterocycles. The largest absolute Gasteiger partial charge is 0.459 e. The fourth-order valence-corrected chi connectivity index (χ4v) is 5.81. The normalized spacial score (nSPS) is 19.7. The molecule has 7 nitrogen and oxygen atoms in total. The molecular weight excluding hydrogens is 420 g/mol. The number of ether oxygens (including phenoxy) is 1. The summed E-state index contributed by atoms with van der Waals surface area (Å²) in [6.07, 6.45) is 1.53. The zero-order chi connectivity index (χ0) is 22.4. The summed E-state index contributed by atoms with van der Waals surface area (Å²) in [4.78, 5) is 0. The highest BCUT2D eigenvalue weighted by Crippen LogP contribution is 2.33. The molecule has 1 aliphatic heterocycles. The molecule has 1 aliphatic rings. The van der Waals surface area contributed by atoms with Gasteiger partial charge in [-0.3, -0.25) is 0 Å². The van der Waals surface area contributed by atoms with E-state index in [1.807, 2.05) is 36.4 Å². The second-order valence-electron chi connectivity index (χ2n) is 7.52. The number of sulfone groups is 1. The van der Waals surface area contributed by atoms with E-state index in [-0.39, 0.29) is 25.4 Å². The maximum atomic E-state index is 12.4. The van der Waals surface area contributed by atoms with Crippen molar-refractivity contribution in [2.24, 2.45) is 0 Å². The maximum absolute atomic E-state index is 12.4. The van der Waals surface area contributed by atoms with Gasteiger partial charge in [0.25, 0.3) is 0 Å². The van der Waals surface area contributed by atoms with Crippen LogP contribution in [-0.2, 0) is 21.2 Å². The lowest BCUT2D eigenvalue weighted by atomic mass is 9.93. The van der Waals surface area contributed by atoms with Gasteiger partial charge in [0.2, 0.25) is 0 Å². The third kappa shape index (κ3) is 5.53. The van der Waals surface area contributed by atoms with Gasteiger partial charge in [-0.25, -0.2) is 8.42 Å². The van der Waals surface area contributed by atoms with Gasteiger partial charge in [0.1, 0.15) is 23.4 Å². The van der Waals surface area contributed by atoms with Gasteiger partial charge in [0, 0.05) is 7.11 Å². The molecule has 0 saturated heterocycles. The average Bonchev–Trinajstić information content (AvgIpc) is 3.32. The predicted molar refractivity (Wildman–Crippen MR) is 118 cm³/mol. The van der Waals surface area contributed by atoms with E-state index in [2.05, 4.69) is 0 Å². The van der Waals surface area contributed by atoms with Crippen LogP contribution in [0.15, 0.2) is 58.0 Å². The first kappa shape index (κ1) is 23.4. The number of furan rings is 1. The molecule has 3 rings (SSSR count). The molecule has 0 fully saturated rings. The SMILES string of the molecule is COCC1=C([C@H](O)CC/C(=C/c2ccc(CO)o2)c2ccccc2)[C@H](CO)S(=O)(=O)C1. The van der Waals surface area contributed by atoms with E-state index >= 15 is 0 Å². The topological polar surface area (TPSA) is 117 Å². The van der Waals surface area contributed by atoms with Crippen molar-refractivity contribution in [1.29, 1.82) is 0 Å². The minimum atomic E-state index is -3.56. The zero-order valence-corrected chi connectivity index (χ0v) is 18.2. The number of aliphatic hydroxyl groups excluding tert-OH is 3. The van der Waals surface area contributed by atoms with Crippen LogP contribution in [0.5, 0.6) is 0 Å². The van der Waals surface area contributed by atoms with Gasteiger partial charge in [-0.2, -0.15) is 0 Å². The lowest BCUT2D eigenvalue weighted by molar-refractivity contribution is 0.184. The molecule has 1 aromatic carbocycles. The van der Waals surface area contributed by atoms with Crippen molar-refractivity contribution in [3.8, 4) is 0 Å². The van der Waals surface area contributed by atoms with Gasteiger partial charge in [0.15, 0.2) is 9.84 Å². The average molecular weight is 449 g/mol. The minimum absolute atomic E-state index is 0.0971. The summed E-state index contributed by atoms with van der Waals surface area (Å²) in [7, 11) is -2.09. The lowest BCUT2D eigenvalue weighted by Gasteiger charge is -2.19. The molecule has 0 spiro atoms. The molecule has 0 radical (unpaired) electrons. The van der Waals surface area contributed by atoms with Crippen molar-refractivity contribution in [1.82, 2.24) is 0 Å².